The minimum atomic E-state index is -3.51. The van der Waals surface area contributed by atoms with E-state index in [1.54, 1.807) is 48.2 Å². The zero-order valence-corrected chi connectivity index (χ0v) is 26.9. The number of ether oxygens (including phenoxy) is 1. The minimum absolute atomic E-state index is 0.124. The number of benzene rings is 1. The van der Waals surface area contributed by atoms with Gasteiger partial charge in [0.15, 0.2) is 14.5 Å². The van der Waals surface area contributed by atoms with Crippen LogP contribution in [0.25, 0.3) is 0 Å². The van der Waals surface area contributed by atoms with Crippen LogP contribution in [0, 0.1) is 0 Å². The minimum Gasteiger partial charge on any atom is -0.410 e. The number of hydrogen-bond acceptors (Lipinski definition) is 9. The summed E-state index contributed by atoms with van der Waals surface area (Å²) in [6.07, 6.45) is 0.787. The highest BCUT2D eigenvalue weighted by Crippen LogP contribution is 2.50. The summed E-state index contributed by atoms with van der Waals surface area (Å²) < 4.78 is 38.1. The van der Waals surface area contributed by atoms with Crippen molar-refractivity contribution in [3.05, 3.63) is 80.9 Å². The van der Waals surface area contributed by atoms with Crippen molar-refractivity contribution in [2.75, 3.05) is 20.0 Å². The van der Waals surface area contributed by atoms with E-state index in [1.165, 1.54) is 36.9 Å². The number of rotatable bonds is 10. The maximum Gasteiger partial charge on any atom is 0.353 e. The Hall–Kier alpha value is -2.05. The van der Waals surface area contributed by atoms with Crippen LogP contribution in [0.2, 0.25) is 18.1 Å². The van der Waals surface area contributed by atoms with Gasteiger partial charge in [-0.25, -0.2) is 4.79 Å². The summed E-state index contributed by atoms with van der Waals surface area (Å²) in [5.74, 6) is 1.29. The Balaban J connectivity index is 2.14. The Kier molecular flexibility index (Phi) is 10.4. The van der Waals surface area contributed by atoms with Crippen molar-refractivity contribution in [1.82, 2.24) is 9.13 Å². The molecule has 0 saturated carbocycles. The number of carbonyl (C=O) groups is 1. The van der Waals surface area contributed by atoms with Crippen LogP contribution in [0.15, 0.2) is 64.1 Å². The quantitative estimate of drug-likeness (QED) is 0.267. The van der Waals surface area contributed by atoms with E-state index in [9.17, 15) is 18.9 Å². The van der Waals surface area contributed by atoms with E-state index in [4.69, 9.17) is 18.2 Å². The highest BCUT2D eigenvalue weighted by atomic mass is 32.2. The first-order chi connectivity index (χ1) is 18.7. The molecule has 0 aliphatic carbocycles. The van der Waals surface area contributed by atoms with Gasteiger partial charge in [0.1, 0.15) is 6.10 Å². The second-order valence-electron chi connectivity index (χ2n) is 10.9. The first-order valence-corrected chi connectivity index (χ1v) is 18.6. The van der Waals surface area contributed by atoms with Crippen LogP contribution >= 0.6 is 19.4 Å². The Morgan fingerprint density at radius 3 is 2.30 bits per heavy atom. The Labute approximate surface area is 240 Å². The lowest BCUT2D eigenvalue weighted by molar-refractivity contribution is 0.00652. The molecule has 1 fully saturated rings. The Bertz CT molecular complexity index is 1380. The van der Waals surface area contributed by atoms with Gasteiger partial charge in [-0.05, 0) is 42.1 Å². The summed E-state index contributed by atoms with van der Waals surface area (Å²) >= 11 is 1.55. The fourth-order valence-corrected chi connectivity index (χ4v) is 7.36. The number of hydrogen-bond donors (Lipinski definition) is 0. The molecule has 13 heteroatoms. The first-order valence-electron chi connectivity index (χ1n) is 13.0. The molecule has 0 bridgehead atoms. The molecule has 4 atom stereocenters. The van der Waals surface area contributed by atoms with Crippen LogP contribution in [0.3, 0.4) is 0 Å². The van der Waals surface area contributed by atoms with Crippen molar-refractivity contribution in [3.8, 4) is 0 Å². The third-order valence-corrected chi connectivity index (χ3v) is 14.5. The number of nitrogens with zero attached hydrogens (tertiary/aromatic N) is 2. The highest BCUT2D eigenvalue weighted by molar-refractivity contribution is 7.99. The van der Waals surface area contributed by atoms with Gasteiger partial charge in [-0.2, -0.15) is 16.3 Å². The third-order valence-electron chi connectivity index (χ3n) is 7.30. The van der Waals surface area contributed by atoms with Crippen molar-refractivity contribution >= 4 is 33.6 Å². The van der Waals surface area contributed by atoms with E-state index >= 15 is 0 Å². The van der Waals surface area contributed by atoms with Crippen molar-refractivity contribution in [3.63, 3.8) is 0 Å². The second kappa shape index (κ2) is 12.9. The van der Waals surface area contributed by atoms with Gasteiger partial charge >= 0.3 is 13.3 Å². The molecule has 2 aromatic rings. The van der Waals surface area contributed by atoms with E-state index in [0.29, 0.717) is 10.3 Å². The molecular weight excluding hydrogens is 571 g/mol. The molecule has 220 valence electrons. The lowest BCUT2D eigenvalue weighted by Crippen LogP contribution is -2.49. The van der Waals surface area contributed by atoms with Crippen molar-refractivity contribution < 1.29 is 27.6 Å². The molecule has 1 aromatic heterocycles. The second-order valence-corrected chi connectivity index (χ2v) is 19.2. The Morgan fingerprint density at radius 1 is 1.12 bits per heavy atom. The van der Waals surface area contributed by atoms with Crippen LogP contribution < -0.4 is 11.2 Å². The van der Waals surface area contributed by atoms with Crippen molar-refractivity contribution in [2.45, 2.75) is 69.5 Å². The molecule has 0 spiro atoms. The van der Waals surface area contributed by atoms with E-state index < -0.39 is 56.8 Å². The molecule has 1 aliphatic heterocycles. The number of thioether (sulfide) groups is 1. The fourth-order valence-electron chi connectivity index (χ4n) is 4.03. The van der Waals surface area contributed by atoms with Crippen molar-refractivity contribution in [1.29, 1.82) is 0 Å². The largest absolute Gasteiger partial charge is 0.410 e. The molecule has 40 heavy (non-hydrogen) atoms. The smallest absolute Gasteiger partial charge is 0.353 e. The van der Waals surface area contributed by atoms with Gasteiger partial charge in [-0.1, -0.05) is 45.9 Å². The molecule has 0 unspecified atom stereocenters. The molecule has 0 N–H and O–H groups in total. The summed E-state index contributed by atoms with van der Waals surface area (Å²) in [6.45, 7) is 12.6. The third kappa shape index (κ3) is 6.87. The molecule has 10 nitrogen and oxygen atoms in total. The zero-order valence-electron chi connectivity index (χ0n) is 24.2. The normalized spacial score (nSPS) is 22.2. The standard InChI is InChI=1S/C27H39N2O8PSSi/c1-9-39-23-22(37-40(7,8)27(2,3)4)20(16-18-38(33,34-5)35-6)36-25(23)28-17-15-21(30)29(26(28)32)24(31)19-13-11-10-12-14-19/h10-18,20,22-23,25H,9H2,1-8H3/b18-16+/t20-,22-,23-,25-/m1/s1. The predicted octanol–water partition coefficient (Wildman–Crippen LogP) is 5.11. The van der Waals surface area contributed by atoms with Gasteiger partial charge < -0.3 is 18.2 Å². The summed E-state index contributed by atoms with van der Waals surface area (Å²) in [6, 6.07) is 9.32. The molecule has 2 heterocycles. The van der Waals surface area contributed by atoms with Crippen LogP contribution in [-0.4, -0.2) is 60.8 Å². The van der Waals surface area contributed by atoms with Gasteiger partial charge in [0.2, 0.25) is 0 Å². The number of carbonyl (C=O) groups excluding carboxylic acids is 1. The monoisotopic (exact) mass is 610 g/mol. The van der Waals surface area contributed by atoms with Crippen LogP contribution in [0.1, 0.15) is 44.3 Å². The van der Waals surface area contributed by atoms with Crippen molar-refractivity contribution in [2.24, 2.45) is 0 Å². The number of aromatic nitrogens is 2. The summed E-state index contributed by atoms with van der Waals surface area (Å²) in [4.78, 5) is 39.6. The molecule has 0 radical (unpaired) electrons. The SMILES string of the molecule is CCS[C@@H]1[C@H](O[Si](C)(C)C(C)(C)C)[C@@H](/C=C/P(=O)(OC)OC)O[C@H]1n1ccc(=O)n(C(=O)c2ccccc2)c1=O. The van der Waals surface area contributed by atoms with Gasteiger partial charge in [0.25, 0.3) is 11.5 Å². The molecule has 1 aliphatic rings. The van der Waals surface area contributed by atoms with Gasteiger partial charge in [0, 0.05) is 37.9 Å². The Morgan fingerprint density at radius 2 is 1.75 bits per heavy atom. The maximum atomic E-state index is 13.7. The van der Waals surface area contributed by atoms with Gasteiger partial charge in [-0.3, -0.25) is 18.7 Å². The molecule has 1 aromatic carbocycles. The van der Waals surface area contributed by atoms with E-state index in [0.717, 1.165) is 0 Å². The van der Waals surface area contributed by atoms with E-state index in [-0.39, 0.29) is 10.6 Å². The first kappa shape index (κ1) is 32.5. The summed E-state index contributed by atoms with van der Waals surface area (Å²) in [5.41, 5.74) is -1.34. The van der Waals surface area contributed by atoms with Crippen LogP contribution in [-0.2, 0) is 22.8 Å². The summed E-state index contributed by atoms with van der Waals surface area (Å²) in [5, 5.41) is -0.518. The molecule has 1 saturated heterocycles. The van der Waals surface area contributed by atoms with Gasteiger partial charge in [0.05, 0.1) is 11.4 Å². The summed E-state index contributed by atoms with van der Waals surface area (Å²) in [7, 11) is -3.29. The average molecular weight is 611 g/mol. The highest BCUT2D eigenvalue weighted by Gasteiger charge is 2.50. The molecule has 3 rings (SSSR count). The van der Waals surface area contributed by atoms with Gasteiger partial charge in [-0.15, -0.1) is 0 Å². The lowest BCUT2D eigenvalue weighted by atomic mass is 10.1. The van der Waals surface area contributed by atoms with E-state index in [1.807, 2.05) is 6.92 Å². The zero-order chi connectivity index (χ0) is 29.9. The lowest BCUT2D eigenvalue weighted by Gasteiger charge is -2.40. The van der Waals surface area contributed by atoms with Crippen LogP contribution in [0.5, 0.6) is 0 Å². The molecular formula is C27H39N2O8PSSi. The van der Waals surface area contributed by atoms with E-state index in [2.05, 4.69) is 33.9 Å². The average Bonchev–Trinajstić information content (AvgIpc) is 3.23. The fraction of sp³-hybridized carbons (Fsp3) is 0.519. The predicted molar refractivity (Wildman–Crippen MR) is 160 cm³/mol. The topological polar surface area (TPSA) is 115 Å². The maximum absolute atomic E-state index is 13.7. The van der Waals surface area contributed by atoms with Crippen LogP contribution in [0.4, 0.5) is 0 Å². The molecule has 0 amide bonds.